The Morgan fingerprint density at radius 2 is 0.788 bits per heavy atom. The van der Waals surface area contributed by atoms with Crippen LogP contribution in [0.4, 0.5) is 0 Å². The van der Waals surface area contributed by atoms with E-state index in [9.17, 15) is 14.4 Å². The molecule has 0 bridgehead atoms. The molecule has 0 aliphatic carbocycles. The van der Waals surface area contributed by atoms with Crippen molar-refractivity contribution in [3.63, 3.8) is 0 Å². The second kappa shape index (κ2) is 18.7. The fourth-order valence-electron chi connectivity index (χ4n) is 3.58. The van der Waals surface area contributed by atoms with Crippen LogP contribution in [0.25, 0.3) is 0 Å². The molecule has 0 spiro atoms. The molecule has 1 rings (SSSR count). The van der Waals surface area contributed by atoms with E-state index in [1.165, 1.54) is 0 Å². The number of esters is 3. The predicted octanol–water partition coefficient (Wildman–Crippen LogP) is 2.98. The van der Waals surface area contributed by atoms with Crippen molar-refractivity contribution in [3.8, 4) is 0 Å². The van der Waals surface area contributed by atoms with E-state index in [2.05, 4.69) is 20.8 Å². The average Bonchev–Trinajstić information content (AvgIpc) is 2.77. The first-order valence-electron chi connectivity index (χ1n) is 12.6. The fraction of sp³-hybridized carbons (Fsp3) is 0.875. The highest BCUT2D eigenvalue weighted by atomic mass is 16.5. The van der Waals surface area contributed by atoms with Crippen LogP contribution in [-0.2, 0) is 28.6 Å². The SMILES string of the molecule is CCCCCOC(=O)CN1CN(CC(=O)OCCCCC)CN(CC(=O)OCCCCC)C1. The first-order chi connectivity index (χ1) is 16.0. The van der Waals surface area contributed by atoms with Gasteiger partial charge in [0.25, 0.3) is 0 Å². The van der Waals surface area contributed by atoms with Gasteiger partial charge in [0, 0.05) is 0 Å². The molecule has 1 aliphatic heterocycles. The lowest BCUT2D eigenvalue weighted by molar-refractivity contribution is -0.154. The predicted molar refractivity (Wildman–Crippen MR) is 126 cm³/mol. The Morgan fingerprint density at radius 1 is 0.515 bits per heavy atom. The van der Waals surface area contributed by atoms with Gasteiger partial charge in [0.15, 0.2) is 0 Å². The summed E-state index contributed by atoms with van der Waals surface area (Å²) < 4.78 is 16.0. The second-order valence-electron chi connectivity index (χ2n) is 8.69. The molecule has 192 valence electrons. The molecule has 0 saturated carbocycles. The van der Waals surface area contributed by atoms with Crippen molar-refractivity contribution in [2.24, 2.45) is 0 Å². The molecule has 1 heterocycles. The molecule has 9 nitrogen and oxygen atoms in total. The van der Waals surface area contributed by atoms with Crippen LogP contribution in [0.2, 0.25) is 0 Å². The molecule has 1 fully saturated rings. The molecule has 0 amide bonds. The molecule has 33 heavy (non-hydrogen) atoms. The van der Waals surface area contributed by atoms with Crippen LogP contribution in [0.15, 0.2) is 0 Å². The van der Waals surface area contributed by atoms with Crippen molar-refractivity contribution < 1.29 is 28.6 Å². The number of carbonyl (C=O) groups excluding carboxylic acids is 3. The minimum atomic E-state index is -0.294. The van der Waals surface area contributed by atoms with E-state index in [1.54, 1.807) is 0 Å². The summed E-state index contributed by atoms with van der Waals surface area (Å²) in [6.07, 6.45) is 8.85. The maximum absolute atomic E-state index is 12.3. The molecule has 0 unspecified atom stereocenters. The minimum absolute atomic E-state index is 0.107. The zero-order chi connectivity index (χ0) is 24.3. The first-order valence-corrected chi connectivity index (χ1v) is 12.6. The Morgan fingerprint density at radius 3 is 1.03 bits per heavy atom. The van der Waals surface area contributed by atoms with Crippen molar-refractivity contribution in [3.05, 3.63) is 0 Å². The molecular formula is C24H45N3O6. The highest BCUT2D eigenvalue weighted by molar-refractivity contribution is 5.73. The van der Waals surface area contributed by atoms with Gasteiger partial charge >= 0.3 is 17.9 Å². The Balaban J connectivity index is 2.57. The van der Waals surface area contributed by atoms with Gasteiger partial charge in [0.05, 0.1) is 59.5 Å². The summed E-state index contributed by atoms with van der Waals surface area (Å²) in [5.74, 6) is -0.883. The molecular weight excluding hydrogens is 426 g/mol. The zero-order valence-electron chi connectivity index (χ0n) is 21.0. The van der Waals surface area contributed by atoms with E-state index in [1.807, 2.05) is 14.7 Å². The monoisotopic (exact) mass is 471 g/mol. The summed E-state index contributed by atoms with van der Waals surface area (Å²) in [4.78, 5) is 42.4. The van der Waals surface area contributed by atoms with Gasteiger partial charge in [0.2, 0.25) is 0 Å². The van der Waals surface area contributed by atoms with Crippen LogP contribution < -0.4 is 0 Å². The van der Waals surface area contributed by atoms with E-state index in [4.69, 9.17) is 14.2 Å². The van der Waals surface area contributed by atoms with Crippen LogP contribution >= 0.6 is 0 Å². The maximum atomic E-state index is 12.3. The minimum Gasteiger partial charge on any atom is -0.465 e. The lowest BCUT2D eigenvalue weighted by Crippen LogP contribution is -2.58. The average molecular weight is 472 g/mol. The van der Waals surface area contributed by atoms with Gasteiger partial charge in [-0.1, -0.05) is 59.3 Å². The van der Waals surface area contributed by atoms with Crippen LogP contribution in [0.5, 0.6) is 0 Å². The van der Waals surface area contributed by atoms with Crippen molar-refractivity contribution >= 4 is 17.9 Å². The Bertz CT molecular complexity index is 478. The van der Waals surface area contributed by atoms with Crippen molar-refractivity contribution in [2.45, 2.75) is 78.6 Å². The molecule has 0 atom stereocenters. The van der Waals surface area contributed by atoms with Crippen LogP contribution in [0.1, 0.15) is 78.6 Å². The number of nitrogens with zero attached hydrogens (tertiary/aromatic N) is 3. The maximum Gasteiger partial charge on any atom is 0.320 e. The lowest BCUT2D eigenvalue weighted by atomic mass is 10.3. The summed E-state index contributed by atoms with van der Waals surface area (Å²) in [5, 5.41) is 0. The Hall–Kier alpha value is -1.71. The van der Waals surface area contributed by atoms with Gasteiger partial charge in [-0.15, -0.1) is 0 Å². The lowest BCUT2D eigenvalue weighted by Gasteiger charge is -2.40. The number of rotatable bonds is 18. The van der Waals surface area contributed by atoms with Gasteiger partial charge in [-0.2, -0.15) is 0 Å². The third-order valence-corrected chi connectivity index (χ3v) is 5.29. The normalized spacial score (nSPS) is 15.4. The van der Waals surface area contributed by atoms with Crippen molar-refractivity contribution in [1.82, 2.24) is 14.7 Å². The third kappa shape index (κ3) is 14.9. The van der Waals surface area contributed by atoms with Gasteiger partial charge < -0.3 is 14.2 Å². The van der Waals surface area contributed by atoms with Gasteiger partial charge in [0.1, 0.15) is 0 Å². The smallest absolute Gasteiger partial charge is 0.320 e. The number of hydrogen-bond donors (Lipinski definition) is 0. The number of carbonyl (C=O) groups is 3. The van der Waals surface area contributed by atoms with Crippen molar-refractivity contribution in [1.29, 1.82) is 0 Å². The van der Waals surface area contributed by atoms with Crippen LogP contribution in [-0.4, -0.2) is 92.1 Å². The molecule has 1 saturated heterocycles. The standard InChI is InChI=1S/C24H45N3O6/c1-4-7-10-13-31-22(28)16-25-19-26(17-23(29)32-14-11-8-5-2)21-27(20-25)18-24(30)33-15-12-9-6-3/h4-21H2,1-3H3. The van der Waals surface area contributed by atoms with E-state index in [-0.39, 0.29) is 37.5 Å². The molecule has 9 heteroatoms. The summed E-state index contributed by atoms with van der Waals surface area (Å²) in [6.45, 7) is 9.16. The van der Waals surface area contributed by atoms with Crippen LogP contribution in [0, 0.1) is 0 Å². The highest BCUT2D eigenvalue weighted by Crippen LogP contribution is 2.09. The number of hydrogen-bond acceptors (Lipinski definition) is 9. The second-order valence-corrected chi connectivity index (χ2v) is 8.69. The molecule has 0 aromatic heterocycles. The topological polar surface area (TPSA) is 88.6 Å². The quantitative estimate of drug-likeness (QED) is 0.170. The Labute approximate surface area is 199 Å². The van der Waals surface area contributed by atoms with Crippen LogP contribution in [0.3, 0.4) is 0 Å². The van der Waals surface area contributed by atoms with Gasteiger partial charge in [-0.3, -0.25) is 29.1 Å². The van der Waals surface area contributed by atoms with E-state index >= 15 is 0 Å². The van der Waals surface area contributed by atoms with E-state index in [0.717, 1.165) is 57.8 Å². The zero-order valence-corrected chi connectivity index (χ0v) is 21.0. The largest absolute Gasteiger partial charge is 0.465 e. The first kappa shape index (κ1) is 29.3. The van der Waals surface area contributed by atoms with E-state index in [0.29, 0.717) is 39.8 Å². The Kier molecular flexibility index (Phi) is 16.6. The number of unbranched alkanes of at least 4 members (excludes halogenated alkanes) is 6. The molecule has 0 N–H and O–H groups in total. The number of ether oxygens (including phenoxy) is 3. The molecule has 0 aromatic carbocycles. The molecule has 1 aliphatic rings. The van der Waals surface area contributed by atoms with E-state index < -0.39 is 0 Å². The molecule has 0 radical (unpaired) electrons. The van der Waals surface area contributed by atoms with Gasteiger partial charge in [-0.25, -0.2) is 0 Å². The summed E-state index contributed by atoms with van der Waals surface area (Å²) >= 11 is 0. The van der Waals surface area contributed by atoms with Crippen molar-refractivity contribution in [2.75, 3.05) is 59.5 Å². The molecule has 0 aromatic rings. The summed E-state index contributed by atoms with van der Waals surface area (Å²) in [5.41, 5.74) is 0. The van der Waals surface area contributed by atoms with Gasteiger partial charge in [-0.05, 0) is 19.3 Å². The fourth-order valence-corrected chi connectivity index (χ4v) is 3.58. The third-order valence-electron chi connectivity index (χ3n) is 5.29. The highest BCUT2D eigenvalue weighted by Gasteiger charge is 2.28. The summed E-state index contributed by atoms with van der Waals surface area (Å²) in [7, 11) is 0. The summed E-state index contributed by atoms with van der Waals surface area (Å²) in [6, 6.07) is 0.